The Bertz CT molecular complexity index is 137. The van der Waals surface area contributed by atoms with Crippen molar-refractivity contribution in [3.63, 3.8) is 0 Å². The molecule has 0 aromatic heterocycles. The highest BCUT2D eigenvalue weighted by molar-refractivity contribution is 6.31. The average molecular weight is 258 g/mol. The maximum atomic E-state index is 2.43. The predicted molar refractivity (Wildman–Crippen MR) is 83.5 cm³/mol. The number of hydrogen-bond acceptors (Lipinski definition) is 1. The highest BCUT2D eigenvalue weighted by atomic mass is 28.2. The van der Waals surface area contributed by atoms with Crippen LogP contribution in [0.5, 0.6) is 0 Å². The summed E-state index contributed by atoms with van der Waals surface area (Å²) in [5, 5.41) is 0. The van der Waals surface area contributed by atoms with Crippen LogP contribution in [0.1, 0.15) is 77.6 Å². The van der Waals surface area contributed by atoms with Crippen molar-refractivity contribution in [1.82, 2.24) is 4.57 Å². The minimum Gasteiger partial charge on any atom is -0.334 e. The van der Waals surface area contributed by atoms with Crippen LogP contribution in [-0.2, 0) is 0 Å². The van der Waals surface area contributed by atoms with E-state index in [0.29, 0.717) is 0 Å². The van der Waals surface area contributed by atoms with Crippen LogP contribution in [0.3, 0.4) is 0 Å². The monoisotopic (exact) mass is 257 g/mol. The quantitative estimate of drug-likeness (QED) is 0.350. The summed E-state index contributed by atoms with van der Waals surface area (Å²) in [5.41, 5.74) is 0. The lowest BCUT2D eigenvalue weighted by atomic mass is 10.1. The smallest absolute Gasteiger partial charge is 0.0943 e. The molecule has 0 heterocycles. The molecular weight excluding hydrogens is 222 g/mol. The first-order valence-electron chi connectivity index (χ1n) is 7.92. The largest absolute Gasteiger partial charge is 0.334 e. The molecule has 0 aromatic carbocycles. The summed E-state index contributed by atoms with van der Waals surface area (Å²) in [7, 11) is 4.58. The van der Waals surface area contributed by atoms with Gasteiger partial charge in [-0.1, -0.05) is 77.6 Å². The molecule has 1 nitrogen and oxygen atoms in total. The number of hydrogen-bond donors (Lipinski definition) is 0. The van der Waals surface area contributed by atoms with E-state index in [4.69, 9.17) is 0 Å². The Kier molecular flexibility index (Phi) is 14.4. The Morgan fingerprint density at radius 3 is 1.47 bits per heavy atom. The molecule has 0 unspecified atom stereocenters. The fraction of sp³-hybridized carbons (Fsp3) is 1.00. The summed E-state index contributed by atoms with van der Waals surface area (Å²) < 4.78 is 2.43. The molecule has 0 rings (SSSR count). The SMILES string of the molecule is CCCCCCCCCCCCC[SiH2]N(C)C. The van der Waals surface area contributed by atoms with Crippen LogP contribution >= 0.6 is 0 Å². The van der Waals surface area contributed by atoms with Gasteiger partial charge in [0.25, 0.3) is 0 Å². The molecule has 2 heteroatoms. The first kappa shape index (κ1) is 17.2. The van der Waals surface area contributed by atoms with Crippen molar-refractivity contribution in [2.45, 2.75) is 83.6 Å². The van der Waals surface area contributed by atoms with Gasteiger partial charge in [0.1, 0.15) is 0 Å². The zero-order valence-corrected chi connectivity index (χ0v) is 14.1. The lowest BCUT2D eigenvalue weighted by molar-refractivity contribution is 0.552. The minimum atomic E-state index is 0.123. The molecule has 0 aliphatic rings. The third kappa shape index (κ3) is 16.2. The fourth-order valence-electron chi connectivity index (χ4n) is 2.27. The number of nitrogens with zero attached hydrogens (tertiary/aromatic N) is 1. The summed E-state index contributed by atoms with van der Waals surface area (Å²) in [6.45, 7) is 2.29. The Balaban J connectivity index is 2.89. The molecule has 0 aliphatic heterocycles. The molecule has 0 aliphatic carbocycles. The maximum absolute atomic E-state index is 2.43. The number of rotatable bonds is 13. The van der Waals surface area contributed by atoms with Gasteiger partial charge in [-0.2, -0.15) is 0 Å². The second-order valence-electron chi connectivity index (χ2n) is 5.69. The average Bonchev–Trinajstić information content (AvgIpc) is 2.30. The standard InChI is InChI=1S/C15H35NSi/c1-4-5-6-7-8-9-10-11-12-13-14-15-17-16(2)3/h4-15,17H2,1-3H3. The van der Waals surface area contributed by atoms with Crippen molar-refractivity contribution in [2.24, 2.45) is 0 Å². The summed E-state index contributed by atoms with van der Waals surface area (Å²) >= 11 is 0. The first-order valence-corrected chi connectivity index (χ1v) is 9.55. The van der Waals surface area contributed by atoms with E-state index in [0.717, 1.165) is 0 Å². The second-order valence-corrected chi connectivity index (χ2v) is 8.11. The van der Waals surface area contributed by atoms with Crippen molar-refractivity contribution >= 4 is 9.68 Å². The van der Waals surface area contributed by atoms with E-state index in [1.165, 1.54) is 76.7 Å². The van der Waals surface area contributed by atoms with Crippen molar-refractivity contribution in [3.8, 4) is 0 Å². The van der Waals surface area contributed by atoms with E-state index in [9.17, 15) is 0 Å². The molecule has 0 bridgehead atoms. The Hall–Kier alpha value is 0.177. The molecule has 17 heavy (non-hydrogen) atoms. The topological polar surface area (TPSA) is 3.24 Å². The van der Waals surface area contributed by atoms with E-state index in [1.807, 2.05) is 0 Å². The van der Waals surface area contributed by atoms with Gasteiger partial charge in [0.05, 0.1) is 9.68 Å². The molecule has 104 valence electrons. The molecule has 0 aromatic rings. The molecule has 0 spiro atoms. The zero-order chi connectivity index (χ0) is 12.8. The lowest BCUT2D eigenvalue weighted by Crippen LogP contribution is -2.16. The van der Waals surface area contributed by atoms with Crippen LogP contribution in [0, 0.1) is 0 Å². The van der Waals surface area contributed by atoms with Gasteiger partial charge in [0, 0.05) is 0 Å². The van der Waals surface area contributed by atoms with Crippen LogP contribution in [0.2, 0.25) is 6.04 Å². The van der Waals surface area contributed by atoms with E-state index in [2.05, 4.69) is 25.6 Å². The van der Waals surface area contributed by atoms with Gasteiger partial charge < -0.3 is 4.57 Å². The molecule has 0 saturated heterocycles. The van der Waals surface area contributed by atoms with Gasteiger partial charge in [0.15, 0.2) is 0 Å². The maximum Gasteiger partial charge on any atom is 0.0943 e. The minimum absolute atomic E-state index is 0.123. The zero-order valence-electron chi connectivity index (χ0n) is 12.6. The third-order valence-corrected chi connectivity index (χ3v) is 5.17. The van der Waals surface area contributed by atoms with Crippen LogP contribution in [0.15, 0.2) is 0 Å². The molecule has 0 atom stereocenters. The molecule has 0 amide bonds. The van der Waals surface area contributed by atoms with Crippen molar-refractivity contribution < 1.29 is 0 Å². The van der Waals surface area contributed by atoms with E-state index in [1.54, 1.807) is 0 Å². The van der Waals surface area contributed by atoms with Crippen LogP contribution in [0.4, 0.5) is 0 Å². The fourth-order valence-corrected chi connectivity index (χ4v) is 3.48. The van der Waals surface area contributed by atoms with Crippen molar-refractivity contribution in [2.75, 3.05) is 14.1 Å². The Morgan fingerprint density at radius 1 is 0.647 bits per heavy atom. The van der Waals surface area contributed by atoms with Gasteiger partial charge in [-0.15, -0.1) is 0 Å². The van der Waals surface area contributed by atoms with Crippen molar-refractivity contribution in [3.05, 3.63) is 0 Å². The Morgan fingerprint density at radius 2 is 1.06 bits per heavy atom. The van der Waals surface area contributed by atoms with E-state index >= 15 is 0 Å². The van der Waals surface area contributed by atoms with Gasteiger partial charge in [0.2, 0.25) is 0 Å². The summed E-state index contributed by atoms with van der Waals surface area (Å²) in [5.74, 6) is 0. The predicted octanol–water partition coefficient (Wildman–Crippen LogP) is 4.36. The molecule has 0 N–H and O–H groups in total. The van der Waals surface area contributed by atoms with Crippen molar-refractivity contribution in [1.29, 1.82) is 0 Å². The van der Waals surface area contributed by atoms with E-state index < -0.39 is 0 Å². The van der Waals surface area contributed by atoms with Gasteiger partial charge in [-0.3, -0.25) is 0 Å². The second kappa shape index (κ2) is 14.2. The van der Waals surface area contributed by atoms with Gasteiger partial charge in [-0.05, 0) is 20.1 Å². The van der Waals surface area contributed by atoms with Crippen LogP contribution in [-0.4, -0.2) is 28.3 Å². The van der Waals surface area contributed by atoms with Crippen LogP contribution < -0.4 is 0 Å². The molecule has 0 radical (unpaired) electrons. The normalized spacial score (nSPS) is 12.0. The summed E-state index contributed by atoms with van der Waals surface area (Å²) in [6.07, 6.45) is 16.1. The van der Waals surface area contributed by atoms with Crippen LogP contribution in [0.25, 0.3) is 0 Å². The van der Waals surface area contributed by atoms with Gasteiger partial charge in [-0.25, -0.2) is 0 Å². The number of unbranched alkanes of at least 4 members (excludes halogenated alkanes) is 10. The molecule has 0 fully saturated rings. The first-order chi connectivity index (χ1) is 8.27. The third-order valence-electron chi connectivity index (χ3n) is 3.46. The molecule has 0 saturated carbocycles. The highest BCUT2D eigenvalue weighted by Gasteiger charge is 1.94. The molecular formula is C15H35NSi. The Labute approximate surface area is 112 Å². The summed E-state index contributed by atoms with van der Waals surface area (Å²) in [6, 6.07) is 1.52. The highest BCUT2D eigenvalue weighted by Crippen LogP contribution is 2.11. The summed E-state index contributed by atoms with van der Waals surface area (Å²) in [4.78, 5) is 0. The van der Waals surface area contributed by atoms with E-state index in [-0.39, 0.29) is 9.68 Å². The van der Waals surface area contributed by atoms with Gasteiger partial charge >= 0.3 is 0 Å². The lowest BCUT2D eigenvalue weighted by Gasteiger charge is -2.07.